The smallest absolute Gasteiger partial charge is 0.338 e. The van der Waals surface area contributed by atoms with Crippen molar-refractivity contribution in [1.82, 2.24) is 9.88 Å². The van der Waals surface area contributed by atoms with E-state index in [0.717, 1.165) is 11.0 Å². The highest BCUT2D eigenvalue weighted by atomic mass is 19.4. The highest BCUT2D eigenvalue weighted by Gasteiger charge is 2.42. The van der Waals surface area contributed by atoms with Crippen LogP contribution in [-0.4, -0.2) is 35.1 Å². The average molecular weight is 274 g/mol. The first-order chi connectivity index (χ1) is 8.88. The molecule has 0 saturated carbocycles. The largest absolute Gasteiger partial charge is 0.393 e. The molecule has 1 aromatic heterocycles. The Morgan fingerprint density at radius 2 is 2.16 bits per heavy atom. The maximum Gasteiger partial charge on any atom is 0.393 e. The zero-order valence-electron chi connectivity index (χ0n) is 10.0. The van der Waals surface area contributed by atoms with Gasteiger partial charge >= 0.3 is 6.18 Å². The van der Waals surface area contributed by atoms with E-state index in [2.05, 4.69) is 4.98 Å². The predicted octanol–water partition coefficient (Wildman–Crippen LogP) is 1.79. The molecule has 1 atom stereocenters. The molecule has 1 saturated heterocycles. The lowest BCUT2D eigenvalue weighted by molar-refractivity contribution is -0.184. The third kappa shape index (κ3) is 3.15. The number of nitrogens with one attached hydrogen (secondary N) is 1. The molecule has 0 bridgehead atoms. The Balaban J connectivity index is 2.14. The third-order valence-corrected chi connectivity index (χ3v) is 3.19. The van der Waals surface area contributed by atoms with Gasteiger partial charge in [-0.15, -0.1) is 0 Å². The summed E-state index contributed by atoms with van der Waals surface area (Å²) in [7, 11) is 0. The van der Waals surface area contributed by atoms with Crippen molar-refractivity contribution >= 4 is 5.91 Å². The molecule has 0 radical (unpaired) electrons. The number of carbonyl (C=O) groups excluding carboxylic acids is 1. The van der Waals surface area contributed by atoms with Crippen LogP contribution in [0.3, 0.4) is 0 Å². The van der Waals surface area contributed by atoms with Crippen molar-refractivity contribution in [3.63, 3.8) is 0 Å². The van der Waals surface area contributed by atoms with E-state index in [1.54, 1.807) is 0 Å². The van der Waals surface area contributed by atoms with Crippen LogP contribution in [0.4, 0.5) is 13.2 Å². The molecule has 1 aliphatic heterocycles. The number of H-pyrrole nitrogens is 1. The second-order valence-corrected chi connectivity index (χ2v) is 4.57. The minimum absolute atomic E-state index is 0.0443. The number of hydrogen-bond acceptors (Lipinski definition) is 2. The molecule has 0 spiro atoms. The molecule has 1 unspecified atom stereocenters. The van der Waals surface area contributed by atoms with Crippen molar-refractivity contribution in [1.29, 1.82) is 0 Å². The van der Waals surface area contributed by atoms with E-state index < -0.39 is 23.6 Å². The van der Waals surface area contributed by atoms with E-state index in [0.29, 0.717) is 6.42 Å². The SMILES string of the molecule is O=C(c1cc[nH]c(=O)c1)N1CCCC(C(F)(F)F)C1. The van der Waals surface area contributed by atoms with Gasteiger partial charge in [0.25, 0.3) is 5.91 Å². The number of carbonyl (C=O) groups is 1. The van der Waals surface area contributed by atoms with E-state index in [-0.39, 0.29) is 25.1 Å². The molecule has 1 N–H and O–H groups in total. The monoisotopic (exact) mass is 274 g/mol. The fourth-order valence-corrected chi connectivity index (χ4v) is 2.19. The Kier molecular flexibility index (Phi) is 3.64. The Labute approximate surface area is 107 Å². The van der Waals surface area contributed by atoms with Gasteiger partial charge in [0.1, 0.15) is 0 Å². The van der Waals surface area contributed by atoms with E-state index in [9.17, 15) is 22.8 Å². The first-order valence-electron chi connectivity index (χ1n) is 5.92. The number of nitrogens with zero attached hydrogens (tertiary/aromatic N) is 1. The summed E-state index contributed by atoms with van der Waals surface area (Å²) in [4.78, 5) is 26.6. The van der Waals surface area contributed by atoms with Crippen LogP contribution >= 0.6 is 0 Å². The Hall–Kier alpha value is -1.79. The van der Waals surface area contributed by atoms with Crippen molar-refractivity contribution in [3.05, 3.63) is 34.2 Å². The van der Waals surface area contributed by atoms with E-state index in [1.165, 1.54) is 12.3 Å². The number of halogens is 3. The molecule has 1 aromatic rings. The average Bonchev–Trinajstić information content (AvgIpc) is 2.37. The standard InChI is InChI=1S/C12H13F3N2O2/c13-12(14,15)9-2-1-5-17(7-9)11(19)8-3-4-16-10(18)6-8/h3-4,6,9H,1-2,5,7H2,(H,16,18). The molecule has 0 aliphatic carbocycles. The molecule has 0 aromatic carbocycles. The van der Waals surface area contributed by atoms with Crippen LogP contribution in [0.25, 0.3) is 0 Å². The van der Waals surface area contributed by atoms with Gasteiger partial charge < -0.3 is 9.88 Å². The predicted molar refractivity (Wildman–Crippen MR) is 61.7 cm³/mol. The van der Waals surface area contributed by atoms with Crippen LogP contribution in [0.15, 0.2) is 23.1 Å². The highest BCUT2D eigenvalue weighted by molar-refractivity contribution is 5.94. The van der Waals surface area contributed by atoms with E-state index in [1.807, 2.05) is 0 Å². The zero-order valence-corrected chi connectivity index (χ0v) is 10.0. The van der Waals surface area contributed by atoms with Crippen LogP contribution in [0.5, 0.6) is 0 Å². The lowest BCUT2D eigenvalue weighted by atomic mass is 9.97. The number of likely N-dealkylation sites (tertiary alicyclic amines) is 1. The van der Waals surface area contributed by atoms with Crippen molar-refractivity contribution in [2.45, 2.75) is 19.0 Å². The minimum atomic E-state index is -4.28. The van der Waals surface area contributed by atoms with Gasteiger partial charge in [-0.25, -0.2) is 0 Å². The minimum Gasteiger partial charge on any atom is -0.338 e. The fourth-order valence-electron chi connectivity index (χ4n) is 2.19. The molecular formula is C12H13F3N2O2. The number of aromatic amines is 1. The summed E-state index contributed by atoms with van der Waals surface area (Å²) in [6, 6.07) is 2.49. The van der Waals surface area contributed by atoms with Crippen LogP contribution in [0.1, 0.15) is 23.2 Å². The maximum absolute atomic E-state index is 12.7. The molecule has 7 heteroatoms. The van der Waals surface area contributed by atoms with Gasteiger partial charge in [-0.1, -0.05) is 0 Å². The summed E-state index contributed by atoms with van der Waals surface area (Å²) in [5.74, 6) is -2.01. The van der Waals surface area contributed by atoms with E-state index >= 15 is 0 Å². The molecule has 1 amide bonds. The van der Waals surface area contributed by atoms with Gasteiger partial charge in [0, 0.05) is 30.9 Å². The van der Waals surface area contributed by atoms with Crippen LogP contribution in [0.2, 0.25) is 0 Å². The Morgan fingerprint density at radius 1 is 1.42 bits per heavy atom. The number of rotatable bonds is 1. The summed E-state index contributed by atoms with van der Waals surface area (Å²) in [6.07, 6.45) is -2.62. The molecule has 1 fully saturated rings. The second kappa shape index (κ2) is 5.07. The van der Waals surface area contributed by atoms with Gasteiger partial charge in [-0.2, -0.15) is 13.2 Å². The maximum atomic E-state index is 12.7. The van der Waals surface area contributed by atoms with Gasteiger partial charge in [0.2, 0.25) is 5.56 Å². The summed E-state index contributed by atoms with van der Waals surface area (Å²) >= 11 is 0. The number of piperidine rings is 1. The number of pyridine rings is 1. The topological polar surface area (TPSA) is 53.2 Å². The summed E-state index contributed by atoms with van der Waals surface area (Å²) in [5.41, 5.74) is -0.332. The van der Waals surface area contributed by atoms with Gasteiger partial charge in [-0.05, 0) is 18.9 Å². The van der Waals surface area contributed by atoms with Crippen LogP contribution in [0, 0.1) is 5.92 Å². The number of aromatic nitrogens is 1. The second-order valence-electron chi connectivity index (χ2n) is 4.57. The Morgan fingerprint density at radius 3 is 2.79 bits per heavy atom. The number of amides is 1. The lowest BCUT2D eigenvalue weighted by Gasteiger charge is -2.33. The molecule has 2 heterocycles. The van der Waals surface area contributed by atoms with Gasteiger partial charge in [0.05, 0.1) is 5.92 Å². The molecule has 4 nitrogen and oxygen atoms in total. The Bertz CT molecular complexity index is 524. The number of hydrogen-bond donors (Lipinski definition) is 1. The first-order valence-corrected chi connectivity index (χ1v) is 5.92. The molecule has 104 valence electrons. The zero-order chi connectivity index (χ0) is 14.0. The highest BCUT2D eigenvalue weighted by Crippen LogP contribution is 2.33. The van der Waals surface area contributed by atoms with Crippen LogP contribution in [-0.2, 0) is 0 Å². The van der Waals surface area contributed by atoms with Crippen molar-refractivity contribution in [2.24, 2.45) is 5.92 Å². The van der Waals surface area contributed by atoms with Gasteiger partial charge in [-0.3, -0.25) is 9.59 Å². The van der Waals surface area contributed by atoms with Gasteiger partial charge in [0.15, 0.2) is 0 Å². The lowest BCUT2D eigenvalue weighted by Crippen LogP contribution is -2.44. The van der Waals surface area contributed by atoms with Crippen molar-refractivity contribution < 1.29 is 18.0 Å². The summed E-state index contributed by atoms with van der Waals surface area (Å²) < 4.78 is 38.0. The van der Waals surface area contributed by atoms with Crippen molar-refractivity contribution in [3.8, 4) is 0 Å². The molecular weight excluding hydrogens is 261 g/mol. The summed E-state index contributed by atoms with van der Waals surface area (Å²) in [5, 5.41) is 0. The molecule has 1 aliphatic rings. The number of alkyl halides is 3. The van der Waals surface area contributed by atoms with E-state index in [4.69, 9.17) is 0 Å². The summed E-state index contributed by atoms with van der Waals surface area (Å²) in [6.45, 7) is -0.0483. The fraction of sp³-hybridized carbons (Fsp3) is 0.500. The normalized spacial score (nSPS) is 20.4. The quantitative estimate of drug-likeness (QED) is 0.848. The van der Waals surface area contributed by atoms with Crippen LogP contribution < -0.4 is 5.56 Å². The molecule has 2 rings (SSSR count). The molecule has 19 heavy (non-hydrogen) atoms. The third-order valence-electron chi connectivity index (χ3n) is 3.19. The first kappa shape index (κ1) is 13.6. The van der Waals surface area contributed by atoms with Crippen molar-refractivity contribution in [2.75, 3.05) is 13.1 Å².